The van der Waals surface area contributed by atoms with Crippen molar-refractivity contribution in [3.8, 4) is 11.5 Å². The molecule has 0 aliphatic carbocycles. The van der Waals surface area contributed by atoms with Crippen LogP contribution in [-0.4, -0.2) is 35.5 Å². The van der Waals surface area contributed by atoms with E-state index in [0.29, 0.717) is 26.3 Å². The van der Waals surface area contributed by atoms with Crippen LogP contribution in [0.5, 0.6) is 11.5 Å². The molecule has 0 saturated carbocycles. The fraction of sp³-hybridized carbons (Fsp3) is 0.333. The number of aromatic nitrogens is 1. The topological polar surface area (TPSA) is 51.7 Å². The number of fused-ring (bicyclic) bond motifs is 1. The first-order valence-corrected chi connectivity index (χ1v) is 8.81. The summed E-state index contributed by atoms with van der Waals surface area (Å²) in [5.41, 5.74) is 1.84. The molecule has 24 heavy (non-hydrogen) atoms. The smallest absolute Gasteiger partial charge is 0.246 e. The SMILES string of the molecule is CCN(Cc1ccc2c(c1)OCCO2)C(=O)/C=C/c1csc(C)n1. The van der Waals surface area contributed by atoms with Gasteiger partial charge in [-0.25, -0.2) is 4.98 Å². The molecule has 3 rings (SSSR count). The largest absolute Gasteiger partial charge is 0.486 e. The van der Waals surface area contributed by atoms with Crippen LogP contribution in [0.2, 0.25) is 0 Å². The van der Waals surface area contributed by atoms with Gasteiger partial charge in [0.1, 0.15) is 13.2 Å². The summed E-state index contributed by atoms with van der Waals surface area (Å²) in [5.74, 6) is 1.48. The highest BCUT2D eigenvalue weighted by Crippen LogP contribution is 2.31. The zero-order chi connectivity index (χ0) is 16.9. The lowest BCUT2D eigenvalue weighted by molar-refractivity contribution is -0.126. The van der Waals surface area contributed by atoms with Crippen molar-refractivity contribution in [2.75, 3.05) is 19.8 Å². The number of hydrogen-bond donors (Lipinski definition) is 0. The van der Waals surface area contributed by atoms with Crippen LogP contribution in [0.3, 0.4) is 0 Å². The van der Waals surface area contributed by atoms with Gasteiger partial charge in [-0.1, -0.05) is 6.07 Å². The van der Waals surface area contributed by atoms with E-state index < -0.39 is 0 Å². The molecule has 0 spiro atoms. The standard InChI is InChI=1S/C18H20N2O3S/c1-3-20(18(21)7-5-15-12-24-13(2)19-15)11-14-4-6-16-17(10-14)23-9-8-22-16/h4-7,10,12H,3,8-9,11H2,1-2H3/b7-5+. The Kier molecular flexibility index (Phi) is 5.15. The first-order valence-electron chi connectivity index (χ1n) is 7.93. The summed E-state index contributed by atoms with van der Waals surface area (Å²) in [6.45, 7) is 6.22. The molecule has 1 aliphatic heterocycles. The van der Waals surface area contributed by atoms with E-state index in [-0.39, 0.29) is 5.91 Å². The molecule has 0 fully saturated rings. The predicted octanol–water partition coefficient (Wildman–Crippen LogP) is 3.28. The Labute approximate surface area is 145 Å². The van der Waals surface area contributed by atoms with Gasteiger partial charge < -0.3 is 14.4 Å². The van der Waals surface area contributed by atoms with E-state index in [1.165, 1.54) is 0 Å². The second-order valence-electron chi connectivity index (χ2n) is 5.46. The monoisotopic (exact) mass is 344 g/mol. The molecule has 1 aromatic heterocycles. The van der Waals surface area contributed by atoms with Crippen LogP contribution in [0.15, 0.2) is 29.7 Å². The van der Waals surface area contributed by atoms with Crippen molar-refractivity contribution < 1.29 is 14.3 Å². The van der Waals surface area contributed by atoms with E-state index in [1.54, 1.807) is 28.4 Å². The molecule has 0 radical (unpaired) electrons. The average Bonchev–Trinajstić information content (AvgIpc) is 3.02. The second-order valence-corrected chi connectivity index (χ2v) is 6.52. The van der Waals surface area contributed by atoms with Crippen LogP contribution in [-0.2, 0) is 11.3 Å². The van der Waals surface area contributed by atoms with Gasteiger partial charge in [-0.05, 0) is 37.6 Å². The highest BCUT2D eigenvalue weighted by atomic mass is 32.1. The van der Waals surface area contributed by atoms with Crippen LogP contribution < -0.4 is 9.47 Å². The van der Waals surface area contributed by atoms with E-state index in [0.717, 1.165) is 27.8 Å². The summed E-state index contributed by atoms with van der Waals surface area (Å²) < 4.78 is 11.1. The summed E-state index contributed by atoms with van der Waals surface area (Å²) in [4.78, 5) is 18.5. The van der Waals surface area contributed by atoms with Gasteiger partial charge in [0, 0.05) is 24.5 Å². The highest BCUT2D eigenvalue weighted by Gasteiger charge is 2.14. The summed E-state index contributed by atoms with van der Waals surface area (Å²) in [6.07, 6.45) is 3.34. The Hall–Kier alpha value is -2.34. The first-order chi connectivity index (χ1) is 11.7. The number of amides is 1. The molecule has 0 saturated heterocycles. The van der Waals surface area contributed by atoms with Gasteiger partial charge in [0.05, 0.1) is 10.7 Å². The summed E-state index contributed by atoms with van der Waals surface area (Å²) in [5, 5.41) is 2.93. The Bertz CT molecular complexity index is 754. The maximum atomic E-state index is 12.4. The lowest BCUT2D eigenvalue weighted by Gasteiger charge is -2.22. The van der Waals surface area contributed by atoms with Crippen molar-refractivity contribution in [2.45, 2.75) is 20.4 Å². The molecule has 2 heterocycles. The van der Waals surface area contributed by atoms with E-state index in [1.807, 2.05) is 37.4 Å². The molecule has 126 valence electrons. The van der Waals surface area contributed by atoms with E-state index >= 15 is 0 Å². The van der Waals surface area contributed by atoms with Gasteiger partial charge in [0.15, 0.2) is 11.5 Å². The number of likely N-dealkylation sites (N-methyl/N-ethyl adjacent to an activating group) is 1. The number of nitrogens with zero attached hydrogens (tertiary/aromatic N) is 2. The van der Waals surface area contributed by atoms with Gasteiger partial charge in [-0.15, -0.1) is 11.3 Å². The van der Waals surface area contributed by atoms with E-state index in [4.69, 9.17) is 9.47 Å². The van der Waals surface area contributed by atoms with Crippen molar-refractivity contribution in [3.05, 3.63) is 45.9 Å². The Balaban J connectivity index is 1.67. The first kappa shape index (κ1) is 16.5. The summed E-state index contributed by atoms with van der Waals surface area (Å²) in [6, 6.07) is 5.81. The van der Waals surface area contributed by atoms with Crippen molar-refractivity contribution in [3.63, 3.8) is 0 Å². The fourth-order valence-corrected chi connectivity index (χ4v) is 3.05. The lowest BCUT2D eigenvalue weighted by atomic mass is 10.1. The van der Waals surface area contributed by atoms with Crippen molar-refractivity contribution >= 4 is 23.3 Å². The third-order valence-electron chi connectivity index (χ3n) is 3.71. The number of hydrogen-bond acceptors (Lipinski definition) is 5. The minimum Gasteiger partial charge on any atom is -0.486 e. The van der Waals surface area contributed by atoms with E-state index in [2.05, 4.69) is 4.98 Å². The van der Waals surface area contributed by atoms with Crippen LogP contribution in [0.4, 0.5) is 0 Å². The van der Waals surface area contributed by atoms with Gasteiger partial charge in [-0.3, -0.25) is 4.79 Å². The van der Waals surface area contributed by atoms with Gasteiger partial charge in [0.2, 0.25) is 5.91 Å². The summed E-state index contributed by atoms with van der Waals surface area (Å²) in [7, 11) is 0. The number of benzene rings is 1. The lowest BCUT2D eigenvalue weighted by Crippen LogP contribution is -2.28. The van der Waals surface area contributed by atoms with Crippen LogP contribution in [0.1, 0.15) is 23.2 Å². The maximum absolute atomic E-state index is 12.4. The van der Waals surface area contributed by atoms with Crippen LogP contribution in [0.25, 0.3) is 6.08 Å². The minimum atomic E-state index is -0.0296. The Morgan fingerprint density at radius 1 is 1.33 bits per heavy atom. The number of carbonyl (C=O) groups excluding carboxylic acids is 1. The molecule has 1 amide bonds. The molecule has 2 aromatic rings. The molecular weight excluding hydrogens is 324 g/mol. The zero-order valence-corrected chi connectivity index (χ0v) is 14.6. The molecule has 1 aromatic carbocycles. The number of rotatable bonds is 5. The second kappa shape index (κ2) is 7.49. The summed E-state index contributed by atoms with van der Waals surface area (Å²) >= 11 is 1.57. The van der Waals surface area contributed by atoms with Crippen LogP contribution >= 0.6 is 11.3 Å². The molecule has 0 N–H and O–H groups in total. The normalized spacial score (nSPS) is 13.2. The predicted molar refractivity (Wildman–Crippen MR) is 94.4 cm³/mol. The average molecular weight is 344 g/mol. The van der Waals surface area contributed by atoms with E-state index in [9.17, 15) is 4.79 Å². The van der Waals surface area contributed by atoms with Crippen molar-refractivity contribution in [1.29, 1.82) is 0 Å². The third-order valence-corrected chi connectivity index (χ3v) is 4.50. The molecule has 0 bridgehead atoms. The van der Waals surface area contributed by atoms with Crippen LogP contribution in [0, 0.1) is 6.92 Å². The zero-order valence-electron chi connectivity index (χ0n) is 13.8. The van der Waals surface area contributed by atoms with Gasteiger partial charge in [-0.2, -0.15) is 0 Å². The molecule has 0 atom stereocenters. The quantitative estimate of drug-likeness (QED) is 0.781. The molecule has 5 nitrogen and oxygen atoms in total. The molecule has 0 unspecified atom stereocenters. The Morgan fingerprint density at radius 2 is 2.12 bits per heavy atom. The molecular formula is C18H20N2O3S. The number of ether oxygens (including phenoxy) is 2. The number of thiazole rings is 1. The maximum Gasteiger partial charge on any atom is 0.246 e. The number of carbonyl (C=O) groups is 1. The highest BCUT2D eigenvalue weighted by molar-refractivity contribution is 7.09. The Morgan fingerprint density at radius 3 is 2.83 bits per heavy atom. The molecule has 1 aliphatic rings. The van der Waals surface area contributed by atoms with Crippen molar-refractivity contribution in [2.24, 2.45) is 0 Å². The van der Waals surface area contributed by atoms with Crippen molar-refractivity contribution in [1.82, 2.24) is 9.88 Å². The molecule has 6 heteroatoms. The van der Waals surface area contributed by atoms with Gasteiger partial charge in [0.25, 0.3) is 0 Å². The number of aryl methyl sites for hydroxylation is 1. The fourth-order valence-electron chi connectivity index (χ4n) is 2.47. The minimum absolute atomic E-state index is 0.0296. The third kappa shape index (κ3) is 3.94. The van der Waals surface area contributed by atoms with Gasteiger partial charge >= 0.3 is 0 Å².